The van der Waals surface area contributed by atoms with E-state index in [1.807, 2.05) is 23.1 Å². The van der Waals surface area contributed by atoms with E-state index in [2.05, 4.69) is 31.3 Å². The molecule has 1 amide bonds. The van der Waals surface area contributed by atoms with Gasteiger partial charge in [-0.1, -0.05) is 18.2 Å². The van der Waals surface area contributed by atoms with Crippen LogP contribution in [-0.2, 0) is 0 Å². The van der Waals surface area contributed by atoms with Crippen molar-refractivity contribution in [1.29, 1.82) is 0 Å². The van der Waals surface area contributed by atoms with Gasteiger partial charge >= 0.3 is 0 Å². The van der Waals surface area contributed by atoms with Gasteiger partial charge in [0.2, 0.25) is 0 Å². The van der Waals surface area contributed by atoms with Crippen LogP contribution in [0.4, 0.5) is 0 Å². The SMILES string of the molecule is CC1CNCC(C)N1C(=O)c1cc2ccccc2s1. The fourth-order valence-corrected chi connectivity index (χ4v) is 3.75. The van der Waals surface area contributed by atoms with Gasteiger partial charge in [0.05, 0.1) is 4.88 Å². The van der Waals surface area contributed by atoms with E-state index < -0.39 is 0 Å². The minimum absolute atomic E-state index is 0.169. The van der Waals surface area contributed by atoms with Crippen LogP contribution in [0.25, 0.3) is 10.1 Å². The molecule has 2 heterocycles. The molecule has 0 radical (unpaired) electrons. The van der Waals surface area contributed by atoms with Crippen LogP contribution in [0.15, 0.2) is 30.3 Å². The maximum absolute atomic E-state index is 12.7. The lowest BCUT2D eigenvalue weighted by molar-refractivity contribution is 0.0549. The minimum Gasteiger partial charge on any atom is -0.330 e. The van der Waals surface area contributed by atoms with E-state index in [1.54, 1.807) is 11.3 Å². The van der Waals surface area contributed by atoms with Gasteiger partial charge in [-0.05, 0) is 31.4 Å². The van der Waals surface area contributed by atoms with Gasteiger partial charge in [-0.3, -0.25) is 4.79 Å². The highest BCUT2D eigenvalue weighted by Crippen LogP contribution is 2.27. The summed E-state index contributed by atoms with van der Waals surface area (Å²) < 4.78 is 1.18. The third kappa shape index (κ3) is 2.26. The van der Waals surface area contributed by atoms with Crippen molar-refractivity contribution in [1.82, 2.24) is 10.2 Å². The van der Waals surface area contributed by atoms with Crippen LogP contribution in [0, 0.1) is 0 Å². The Hall–Kier alpha value is -1.39. The zero-order valence-corrected chi connectivity index (χ0v) is 12.0. The second kappa shape index (κ2) is 4.94. The fourth-order valence-electron chi connectivity index (χ4n) is 2.75. The first kappa shape index (κ1) is 12.6. The average molecular weight is 274 g/mol. The van der Waals surface area contributed by atoms with Gasteiger partial charge in [0.1, 0.15) is 0 Å². The molecule has 1 fully saturated rings. The molecule has 2 aromatic rings. The smallest absolute Gasteiger partial charge is 0.264 e. The number of nitrogens with zero attached hydrogens (tertiary/aromatic N) is 1. The standard InChI is InChI=1S/C15H18N2OS/c1-10-8-16-9-11(2)17(10)15(18)14-7-12-5-3-4-6-13(12)19-14/h3-7,10-11,16H,8-9H2,1-2H3. The van der Waals surface area contributed by atoms with Crippen molar-refractivity contribution in [3.05, 3.63) is 35.2 Å². The van der Waals surface area contributed by atoms with Gasteiger partial charge in [-0.15, -0.1) is 11.3 Å². The summed E-state index contributed by atoms with van der Waals surface area (Å²) in [6, 6.07) is 10.7. The molecule has 1 aromatic carbocycles. The molecule has 1 aliphatic heterocycles. The Bertz CT molecular complexity index is 564. The van der Waals surface area contributed by atoms with Crippen LogP contribution in [0.5, 0.6) is 0 Å². The van der Waals surface area contributed by atoms with Crippen molar-refractivity contribution in [3.8, 4) is 0 Å². The van der Waals surface area contributed by atoms with Crippen LogP contribution < -0.4 is 5.32 Å². The quantitative estimate of drug-likeness (QED) is 0.867. The largest absolute Gasteiger partial charge is 0.330 e. The molecule has 1 aliphatic rings. The van der Waals surface area contributed by atoms with Crippen molar-refractivity contribution >= 4 is 27.3 Å². The Balaban J connectivity index is 1.94. The topological polar surface area (TPSA) is 32.3 Å². The van der Waals surface area contributed by atoms with Crippen molar-refractivity contribution in [2.75, 3.05) is 13.1 Å². The van der Waals surface area contributed by atoms with Gasteiger partial charge in [-0.2, -0.15) is 0 Å². The molecule has 1 aromatic heterocycles. The molecule has 2 atom stereocenters. The lowest BCUT2D eigenvalue weighted by Crippen LogP contribution is -2.57. The number of carbonyl (C=O) groups is 1. The first-order valence-corrected chi connectivity index (χ1v) is 7.50. The number of hydrogen-bond acceptors (Lipinski definition) is 3. The molecule has 4 heteroatoms. The minimum atomic E-state index is 0.169. The Morgan fingerprint density at radius 2 is 1.95 bits per heavy atom. The maximum Gasteiger partial charge on any atom is 0.264 e. The number of rotatable bonds is 1. The second-order valence-corrected chi connectivity index (χ2v) is 6.30. The molecule has 100 valence electrons. The molecule has 19 heavy (non-hydrogen) atoms. The summed E-state index contributed by atoms with van der Waals surface area (Å²) in [6.07, 6.45) is 0. The molecule has 0 aliphatic carbocycles. The maximum atomic E-state index is 12.7. The van der Waals surface area contributed by atoms with Crippen LogP contribution in [0.2, 0.25) is 0 Å². The summed E-state index contributed by atoms with van der Waals surface area (Å²) in [7, 11) is 0. The normalized spacial score (nSPS) is 23.8. The molecule has 3 nitrogen and oxygen atoms in total. The number of piperazine rings is 1. The van der Waals surface area contributed by atoms with E-state index in [0.717, 1.165) is 23.4 Å². The average Bonchev–Trinajstić information content (AvgIpc) is 2.82. The van der Waals surface area contributed by atoms with E-state index >= 15 is 0 Å². The van der Waals surface area contributed by atoms with Crippen LogP contribution in [-0.4, -0.2) is 36.0 Å². The van der Waals surface area contributed by atoms with Crippen LogP contribution in [0.3, 0.4) is 0 Å². The predicted molar refractivity (Wildman–Crippen MR) is 79.8 cm³/mol. The predicted octanol–water partition coefficient (Wildman–Crippen LogP) is 2.72. The lowest BCUT2D eigenvalue weighted by Gasteiger charge is -2.39. The molecule has 2 unspecified atom stereocenters. The zero-order chi connectivity index (χ0) is 13.4. The molecule has 0 bridgehead atoms. The number of fused-ring (bicyclic) bond motifs is 1. The Kier molecular flexibility index (Phi) is 3.29. The highest BCUT2D eigenvalue weighted by molar-refractivity contribution is 7.20. The third-order valence-electron chi connectivity index (χ3n) is 3.70. The summed E-state index contributed by atoms with van der Waals surface area (Å²) in [5.41, 5.74) is 0. The molecule has 1 saturated heterocycles. The number of thiophene rings is 1. The van der Waals surface area contributed by atoms with Gasteiger partial charge in [0.25, 0.3) is 5.91 Å². The van der Waals surface area contributed by atoms with Crippen LogP contribution in [0.1, 0.15) is 23.5 Å². The van der Waals surface area contributed by atoms with Gasteiger partial charge < -0.3 is 10.2 Å². The van der Waals surface area contributed by atoms with Crippen molar-refractivity contribution < 1.29 is 4.79 Å². The molecule has 3 rings (SSSR count). The lowest BCUT2D eigenvalue weighted by atomic mass is 10.1. The Morgan fingerprint density at radius 3 is 2.63 bits per heavy atom. The number of carbonyl (C=O) groups excluding carboxylic acids is 1. The van der Waals surface area contributed by atoms with Crippen molar-refractivity contribution in [2.45, 2.75) is 25.9 Å². The van der Waals surface area contributed by atoms with E-state index in [0.29, 0.717) is 0 Å². The second-order valence-electron chi connectivity index (χ2n) is 5.22. The molecular weight excluding hydrogens is 256 g/mol. The first-order valence-electron chi connectivity index (χ1n) is 6.69. The third-order valence-corrected chi connectivity index (χ3v) is 4.80. The summed E-state index contributed by atoms with van der Waals surface area (Å²) in [4.78, 5) is 15.6. The molecular formula is C15H18N2OS. The van der Waals surface area contributed by atoms with Crippen molar-refractivity contribution in [2.24, 2.45) is 0 Å². The van der Waals surface area contributed by atoms with Gasteiger partial charge in [0.15, 0.2) is 0 Å². The highest BCUT2D eigenvalue weighted by atomic mass is 32.1. The highest BCUT2D eigenvalue weighted by Gasteiger charge is 2.30. The number of nitrogens with one attached hydrogen (secondary N) is 1. The van der Waals surface area contributed by atoms with Gasteiger partial charge in [0, 0.05) is 29.9 Å². The molecule has 0 saturated carbocycles. The van der Waals surface area contributed by atoms with Gasteiger partial charge in [-0.25, -0.2) is 0 Å². The van der Waals surface area contributed by atoms with E-state index in [-0.39, 0.29) is 18.0 Å². The van der Waals surface area contributed by atoms with E-state index in [1.165, 1.54) is 4.70 Å². The van der Waals surface area contributed by atoms with E-state index in [9.17, 15) is 4.79 Å². The molecule has 1 N–H and O–H groups in total. The fraction of sp³-hybridized carbons (Fsp3) is 0.400. The monoisotopic (exact) mass is 274 g/mol. The summed E-state index contributed by atoms with van der Waals surface area (Å²) in [5.74, 6) is 0.169. The summed E-state index contributed by atoms with van der Waals surface area (Å²) >= 11 is 1.59. The number of amides is 1. The Morgan fingerprint density at radius 1 is 1.26 bits per heavy atom. The Labute approximate surface area is 117 Å². The first-order chi connectivity index (χ1) is 9.16. The molecule has 0 spiro atoms. The summed E-state index contributed by atoms with van der Waals surface area (Å²) in [6.45, 7) is 5.96. The van der Waals surface area contributed by atoms with Crippen LogP contribution >= 0.6 is 11.3 Å². The zero-order valence-electron chi connectivity index (χ0n) is 11.2. The summed E-state index contributed by atoms with van der Waals surface area (Å²) in [5, 5.41) is 4.52. The van der Waals surface area contributed by atoms with Crippen molar-refractivity contribution in [3.63, 3.8) is 0 Å². The number of benzene rings is 1. The number of hydrogen-bond donors (Lipinski definition) is 1. The van der Waals surface area contributed by atoms with E-state index in [4.69, 9.17) is 0 Å².